The molecule has 1 fully saturated rings. The van der Waals surface area contributed by atoms with Crippen molar-refractivity contribution in [1.29, 1.82) is 0 Å². The van der Waals surface area contributed by atoms with Gasteiger partial charge in [-0.15, -0.1) is 0 Å². The molecule has 1 aliphatic heterocycles. The third-order valence-corrected chi connectivity index (χ3v) is 10.9. The van der Waals surface area contributed by atoms with Crippen LogP contribution in [0, 0.1) is 11.7 Å². The van der Waals surface area contributed by atoms with Gasteiger partial charge in [-0.2, -0.15) is 4.31 Å². The standard InChI is InChI=1S/C32H38Cl2FN3O3S/c1-20(2)31(22-11-13-24(33)14-12-22)32(36)29(39)17-23-7-6-9-28(35)26(23)16-15-25-19-37-18-21(3)38(25)42(40,41)30-10-5-4-8-27(30)34/h4-14,20-21,25,31-32,37H,15-19,36H2,1-3H3/t21-,25-,31+,32+/m0/s1. The number of carbonyl (C=O) groups excluding carboxylic acids is 1. The highest BCUT2D eigenvalue weighted by atomic mass is 35.5. The van der Waals surface area contributed by atoms with E-state index in [1.807, 2.05) is 32.9 Å². The Morgan fingerprint density at radius 3 is 2.40 bits per heavy atom. The van der Waals surface area contributed by atoms with Gasteiger partial charge in [0, 0.05) is 42.5 Å². The fourth-order valence-electron chi connectivity index (χ4n) is 5.99. The minimum absolute atomic E-state index is 0.0218. The van der Waals surface area contributed by atoms with E-state index in [0.29, 0.717) is 35.7 Å². The number of piperazine rings is 1. The quantitative estimate of drug-likeness (QED) is 0.270. The highest BCUT2D eigenvalue weighted by Crippen LogP contribution is 2.32. The Kier molecular flexibility index (Phi) is 10.8. The van der Waals surface area contributed by atoms with Crippen molar-refractivity contribution in [3.63, 3.8) is 0 Å². The van der Waals surface area contributed by atoms with E-state index >= 15 is 4.39 Å². The van der Waals surface area contributed by atoms with Crippen molar-refractivity contribution < 1.29 is 17.6 Å². The van der Waals surface area contributed by atoms with Crippen LogP contribution in [0.2, 0.25) is 10.0 Å². The predicted octanol–water partition coefficient (Wildman–Crippen LogP) is 6.00. The van der Waals surface area contributed by atoms with Crippen LogP contribution in [0.25, 0.3) is 0 Å². The molecule has 1 aliphatic rings. The Hall–Kier alpha value is -2.33. The summed E-state index contributed by atoms with van der Waals surface area (Å²) in [6.45, 7) is 6.78. The van der Waals surface area contributed by atoms with Gasteiger partial charge >= 0.3 is 0 Å². The largest absolute Gasteiger partial charge is 0.321 e. The SMILES string of the molecule is CC(C)[C@H](c1ccc(Cl)cc1)[C@H](N)C(=O)Cc1cccc(F)c1CC[C@H]1CNC[C@H](C)N1S(=O)(=O)c1ccccc1Cl. The van der Waals surface area contributed by atoms with E-state index in [1.165, 1.54) is 16.4 Å². The van der Waals surface area contributed by atoms with Crippen LogP contribution in [0.5, 0.6) is 0 Å². The third-order valence-electron chi connectivity index (χ3n) is 8.05. The first-order chi connectivity index (χ1) is 19.9. The Morgan fingerprint density at radius 1 is 1.05 bits per heavy atom. The molecule has 3 aromatic rings. The number of rotatable bonds is 11. The molecule has 4 rings (SSSR count). The summed E-state index contributed by atoms with van der Waals surface area (Å²) in [6.07, 6.45) is 0.587. The zero-order chi connectivity index (χ0) is 30.6. The molecule has 226 valence electrons. The van der Waals surface area contributed by atoms with Gasteiger partial charge < -0.3 is 11.1 Å². The predicted molar refractivity (Wildman–Crippen MR) is 167 cm³/mol. The first kappa shape index (κ1) is 32.6. The first-order valence-electron chi connectivity index (χ1n) is 14.2. The molecule has 3 N–H and O–H groups in total. The molecule has 10 heteroatoms. The molecule has 42 heavy (non-hydrogen) atoms. The molecule has 0 saturated carbocycles. The number of carbonyl (C=O) groups is 1. The number of ketones is 1. The molecule has 4 atom stereocenters. The lowest BCUT2D eigenvalue weighted by Crippen LogP contribution is -2.58. The van der Waals surface area contributed by atoms with Crippen LogP contribution in [0.1, 0.15) is 49.8 Å². The molecule has 3 aromatic carbocycles. The van der Waals surface area contributed by atoms with Crippen molar-refractivity contribution in [2.45, 2.75) is 69.0 Å². The van der Waals surface area contributed by atoms with E-state index in [9.17, 15) is 13.2 Å². The molecule has 0 amide bonds. The van der Waals surface area contributed by atoms with Gasteiger partial charge in [-0.3, -0.25) is 4.79 Å². The monoisotopic (exact) mass is 633 g/mol. The average Bonchev–Trinajstić information content (AvgIpc) is 2.93. The molecule has 0 aromatic heterocycles. The molecule has 0 radical (unpaired) electrons. The molecule has 1 saturated heterocycles. The molecule has 0 aliphatic carbocycles. The summed E-state index contributed by atoms with van der Waals surface area (Å²) in [4.78, 5) is 13.6. The van der Waals surface area contributed by atoms with Crippen molar-refractivity contribution in [2.75, 3.05) is 13.1 Å². The maximum absolute atomic E-state index is 15.3. The van der Waals surface area contributed by atoms with Crippen molar-refractivity contribution in [3.8, 4) is 0 Å². The first-order valence-corrected chi connectivity index (χ1v) is 16.4. The summed E-state index contributed by atoms with van der Waals surface area (Å²) in [5.41, 5.74) is 8.43. The van der Waals surface area contributed by atoms with Crippen LogP contribution in [-0.4, -0.2) is 49.7 Å². The topological polar surface area (TPSA) is 92.5 Å². The van der Waals surface area contributed by atoms with Crippen molar-refractivity contribution in [1.82, 2.24) is 9.62 Å². The van der Waals surface area contributed by atoms with Gasteiger partial charge in [-0.25, -0.2) is 12.8 Å². The highest BCUT2D eigenvalue weighted by molar-refractivity contribution is 7.89. The zero-order valence-electron chi connectivity index (χ0n) is 24.1. The average molecular weight is 635 g/mol. The van der Waals surface area contributed by atoms with Crippen molar-refractivity contribution in [2.24, 2.45) is 11.7 Å². The van der Waals surface area contributed by atoms with Crippen LogP contribution in [0.15, 0.2) is 71.6 Å². The normalized spacial score (nSPS) is 19.5. The number of nitrogens with two attached hydrogens (primary N) is 1. The lowest BCUT2D eigenvalue weighted by Gasteiger charge is -2.40. The van der Waals surface area contributed by atoms with Gasteiger partial charge in [0.25, 0.3) is 0 Å². The minimum atomic E-state index is -3.90. The highest BCUT2D eigenvalue weighted by Gasteiger charge is 2.39. The van der Waals surface area contributed by atoms with Gasteiger partial charge in [0.05, 0.1) is 11.1 Å². The van der Waals surface area contributed by atoms with E-state index in [0.717, 1.165) is 5.56 Å². The molecule has 1 heterocycles. The maximum atomic E-state index is 15.3. The van der Waals surface area contributed by atoms with Gasteiger partial charge in [-0.05, 0) is 72.7 Å². The second-order valence-corrected chi connectivity index (χ2v) is 14.0. The van der Waals surface area contributed by atoms with E-state index in [1.54, 1.807) is 42.5 Å². The summed E-state index contributed by atoms with van der Waals surface area (Å²) < 4.78 is 44.2. The fraction of sp³-hybridized carbons (Fsp3) is 0.406. The van der Waals surface area contributed by atoms with Crippen LogP contribution in [-0.2, 0) is 27.7 Å². The second-order valence-electron chi connectivity index (χ2n) is 11.3. The summed E-state index contributed by atoms with van der Waals surface area (Å²) in [7, 11) is -3.90. The molecular formula is C32H38Cl2FN3O3S. The Bertz CT molecular complexity index is 1500. The van der Waals surface area contributed by atoms with E-state index in [-0.39, 0.29) is 46.4 Å². The van der Waals surface area contributed by atoms with Crippen molar-refractivity contribution in [3.05, 3.63) is 99.3 Å². The molecule has 6 nitrogen and oxygen atoms in total. The Balaban J connectivity index is 1.55. The molecule has 0 spiro atoms. The number of halogens is 3. The summed E-state index contributed by atoms with van der Waals surface area (Å²) in [6, 6.07) is 16.9. The molecular weight excluding hydrogens is 596 g/mol. The van der Waals surface area contributed by atoms with Crippen LogP contribution < -0.4 is 11.1 Å². The number of sulfonamides is 1. The number of hydrogen-bond donors (Lipinski definition) is 2. The van der Waals surface area contributed by atoms with Crippen LogP contribution in [0.3, 0.4) is 0 Å². The smallest absolute Gasteiger partial charge is 0.245 e. The molecule has 0 bridgehead atoms. The van der Waals surface area contributed by atoms with Gasteiger partial charge in [-0.1, -0.05) is 73.4 Å². The number of benzene rings is 3. The van der Waals surface area contributed by atoms with Crippen LogP contribution in [0.4, 0.5) is 4.39 Å². The van der Waals surface area contributed by atoms with Gasteiger partial charge in [0.15, 0.2) is 5.78 Å². The van der Waals surface area contributed by atoms with Crippen molar-refractivity contribution >= 4 is 39.0 Å². The maximum Gasteiger partial charge on any atom is 0.245 e. The number of nitrogens with zero attached hydrogens (tertiary/aromatic N) is 1. The zero-order valence-corrected chi connectivity index (χ0v) is 26.4. The second kappa shape index (κ2) is 14.0. The lowest BCUT2D eigenvalue weighted by molar-refractivity contribution is -0.120. The number of hydrogen-bond acceptors (Lipinski definition) is 5. The number of nitrogens with one attached hydrogen (secondary N) is 1. The number of Topliss-reactive ketones (excluding diaryl/α,β-unsaturated/α-hetero) is 1. The summed E-state index contributed by atoms with van der Waals surface area (Å²) in [5, 5.41) is 4.06. The Labute approximate surface area is 258 Å². The van der Waals surface area contributed by atoms with Gasteiger partial charge in [0.1, 0.15) is 10.7 Å². The van der Waals surface area contributed by atoms with Gasteiger partial charge in [0.2, 0.25) is 10.0 Å². The third kappa shape index (κ3) is 7.24. The Morgan fingerprint density at radius 2 is 1.74 bits per heavy atom. The van der Waals surface area contributed by atoms with E-state index in [2.05, 4.69) is 5.32 Å². The molecule has 0 unspecified atom stereocenters. The van der Waals surface area contributed by atoms with E-state index in [4.69, 9.17) is 28.9 Å². The summed E-state index contributed by atoms with van der Waals surface area (Å²) in [5.74, 6) is -0.759. The lowest BCUT2D eigenvalue weighted by atomic mass is 9.80. The van der Waals surface area contributed by atoms with Crippen LogP contribution >= 0.6 is 23.2 Å². The summed E-state index contributed by atoms with van der Waals surface area (Å²) >= 11 is 12.3. The fourth-order valence-corrected chi connectivity index (χ4v) is 8.45. The van der Waals surface area contributed by atoms with E-state index < -0.39 is 27.9 Å². The minimum Gasteiger partial charge on any atom is -0.321 e.